The predicted octanol–water partition coefficient (Wildman–Crippen LogP) is 2.94. The van der Waals surface area contributed by atoms with E-state index in [1.165, 1.54) is 11.3 Å². The molecule has 0 spiro atoms. The van der Waals surface area contributed by atoms with Gasteiger partial charge in [0.2, 0.25) is 0 Å². The van der Waals surface area contributed by atoms with Gasteiger partial charge < -0.3 is 10.6 Å². The van der Waals surface area contributed by atoms with Gasteiger partial charge in [-0.05, 0) is 19.4 Å². The maximum absolute atomic E-state index is 12.4. The summed E-state index contributed by atoms with van der Waals surface area (Å²) < 4.78 is 2.19. The molecule has 8 heteroatoms. The monoisotopic (exact) mass is 358 g/mol. The van der Waals surface area contributed by atoms with E-state index in [0.29, 0.717) is 20.3 Å². The number of halogens is 2. The number of rotatable bonds is 3. The average molecular weight is 359 g/mol. The maximum atomic E-state index is 12.4. The largest absolute Gasteiger partial charge is 0.347 e. The van der Waals surface area contributed by atoms with Gasteiger partial charge in [0.1, 0.15) is 4.34 Å². The van der Waals surface area contributed by atoms with E-state index in [1.54, 1.807) is 24.0 Å². The standard InChI is InChI=1S/C14H16Cl2N4OS/c1-7-3-8(5-17-7)19-14(21)11-4-9(13(16)22-11)12-10(15)6-18-20(12)2/h4,6-8,17H,3,5H2,1-2H3,(H,19,21)/t7?,8-/m0/s1. The topological polar surface area (TPSA) is 59.0 Å². The van der Waals surface area contributed by atoms with Crippen molar-refractivity contribution in [2.24, 2.45) is 7.05 Å². The molecule has 3 heterocycles. The van der Waals surface area contributed by atoms with Crippen LogP contribution in [0.1, 0.15) is 23.0 Å². The molecule has 2 N–H and O–H groups in total. The van der Waals surface area contributed by atoms with Crippen molar-refractivity contribution < 1.29 is 4.79 Å². The van der Waals surface area contributed by atoms with Gasteiger partial charge in [-0.25, -0.2) is 0 Å². The van der Waals surface area contributed by atoms with Gasteiger partial charge in [0.25, 0.3) is 5.91 Å². The average Bonchev–Trinajstić information content (AvgIpc) is 3.11. The number of nitrogens with one attached hydrogen (secondary N) is 2. The first-order valence-electron chi connectivity index (χ1n) is 6.97. The van der Waals surface area contributed by atoms with Crippen LogP contribution < -0.4 is 10.6 Å². The molecule has 1 unspecified atom stereocenters. The third kappa shape index (κ3) is 3.01. The summed E-state index contributed by atoms with van der Waals surface area (Å²) in [6.45, 7) is 2.91. The van der Waals surface area contributed by atoms with E-state index in [4.69, 9.17) is 23.2 Å². The second-order valence-corrected chi connectivity index (χ2v) is 7.54. The molecule has 1 aliphatic heterocycles. The van der Waals surface area contributed by atoms with Crippen LogP contribution in [0, 0.1) is 0 Å². The lowest BCUT2D eigenvalue weighted by Crippen LogP contribution is -2.35. The highest BCUT2D eigenvalue weighted by atomic mass is 35.5. The van der Waals surface area contributed by atoms with E-state index in [-0.39, 0.29) is 11.9 Å². The molecule has 2 atom stereocenters. The van der Waals surface area contributed by atoms with Crippen LogP contribution >= 0.6 is 34.5 Å². The third-order valence-electron chi connectivity index (χ3n) is 3.75. The second-order valence-electron chi connectivity index (χ2n) is 5.48. The number of thiophene rings is 1. The summed E-state index contributed by atoms with van der Waals surface area (Å²) >= 11 is 13.7. The normalized spacial score (nSPS) is 21.3. The summed E-state index contributed by atoms with van der Waals surface area (Å²) in [5, 5.41) is 11.0. The number of aromatic nitrogens is 2. The Labute approximate surface area is 142 Å². The highest BCUT2D eigenvalue weighted by molar-refractivity contribution is 7.18. The van der Waals surface area contributed by atoms with Crippen LogP contribution in [0.15, 0.2) is 12.3 Å². The molecule has 22 heavy (non-hydrogen) atoms. The first-order valence-corrected chi connectivity index (χ1v) is 8.54. The molecule has 1 aliphatic rings. The van der Waals surface area contributed by atoms with Gasteiger partial charge in [-0.3, -0.25) is 9.48 Å². The highest BCUT2D eigenvalue weighted by Gasteiger charge is 2.24. The molecule has 5 nitrogen and oxygen atoms in total. The Morgan fingerprint density at radius 2 is 2.32 bits per heavy atom. The Hall–Kier alpha value is -1.08. The summed E-state index contributed by atoms with van der Waals surface area (Å²) in [5.74, 6) is -0.0997. The van der Waals surface area contributed by atoms with Crippen LogP contribution in [0.4, 0.5) is 0 Å². The van der Waals surface area contributed by atoms with Crippen molar-refractivity contribution in [3.8, 4) is 11.3 Å². The summed E-state index contributed by atoms with van der Waals surface area (Å²) in [6, 6.07) is 2.37. The summed E-state index contributed by atoms with van der Waals surface area (Å²) in [6.07, 6.45) is 2.50. The molecule has 1 amide bonds. The van der Waals surface area contributed by atoms with Crippen molar-refractivity contribution in [1.29, 1.82) is 0 Å². The zero-order chi connectivity index (χ0) is 15.9. The number of hydrogen-bond acceptors (Lipinski definition) is 4. The van der Waals surface area contributed by atoms with Crippen LogP contribution in [0.3, 0.4) is 0 Å². The van der Waals surface area contributed by atoms with Gasteiger partial charge in [-0.15, -0.1) is 11.3 Å². The molecule has 1 fully saturated rings. The van der Waals surface area contributed by atoms with Gasteiger partial charge in [0, 0.05) is 31.2 Å². The highest BCUT2D eigenvalue weighted by Crippen LogP contribution is 2.38. The van der Waals surface area contributed by atoms with Crippen molar-refractivity contribution in [3.63, 3.8) is 0 Å². The number of nitrogens with zero attached hydrogens (tertiary/aromatic N) is 2. The van der Waals surface area contributed by atoms with Crippen LogP contribution in [-0.4, -0.2) is 34.3 Å². The molecule has 0 bridgehead atoms. The van der Waals surface area contributed by atoms with Crippen molar-refractivity contribution in [2.75, 3.05) is 6.54 Å². The Bertz CT molecular complexity index is 692. The summed E-state index contributed by atoms with van der Waals surface area (Å²) in [7, 11) is 1.79. The molecule has 0 aliphatic carbocycles. The molecule has 0 aromatic carbocycles. The molecule has 2 aromatic heterocycles. The van der Waals surface area contributed by atoms with Gasteiger partial charge >= 0.3 is 0 Å². The Morgan fingerprint density at radius 3 is 2.91 bits per heavy atom. The SMILES string of the molecule is CC1C[C@H](NC(=O)c2cc(-c3c(Cl)cnn3C)c(Cl)s2)CN1. The van der Waals surface area contributed by atoms with E-state index in [9.17, 15) is 4.79 Å². The van der Waals surface area contributed by atoms with Crippen molar-refractivity contribution in [1.82, 2.24) is 20.4 Å². The number of amides is 1. The molecule has 0 saturated carbocycles. The van der Waals surface area contributed by atoms with Crippen molar-refractivity contribution >= 4 is 40.4 Å². The molecule has 3 rings (SSSR count). The fourth-order valence-corrected chi connectivity index (χ4v) is 4.11. The van der Waals surface area contributed by atoms with Gasteiger partial charge in [0.15, 0.2) is 0 Å². The first kappa shape index (κ1) is 15.8. The van der Waals surface area contributed by atoms with Gasteiger partial charge in [-0.2, -0.15) is 5.10 Å². The fraction of sp³-hybridized carbons (Fsp3) is 0.429. The van der Waals surface area contributed by atoms with Crippen molar-refractivity contribution in [2.45, 2.75) is 25.4 Å². The van der Waals surface area contributed by atoms with E-state index in [1.807, 2.05) is 0 Å². The lowest BCUT2D eigenvalue weighted by atomic mass is 10.2. The van der Waals surface area contributed by atoms with Crippen molar-refractivity contribution in [3.05, 3.63) is 26.5 Å². The molecule has 118 valence electrons. The van der Waals surface area contributed by atoms with E-state index >= 15 is 0 Å². The zero-order valence-electron chi connectivity index (χ0n) is 12.2. The minimum Gasteiger partial charge on any atom is -0.347 e. The maximum Gasteiger partial charge on any atom is 0.261 e. The molecule has 2 aromatic rings. The molecule has 0 radical (unpaired) electrons. The minimum atomic E-state index is -0.0997. The van der Waals surface area contributed by atoms with E-state index in [0.717, 1.165) is 24.2 Å². The van der Waals surface area contributed by atoms with Crippen LogP contribution in [0.2, 0.25) is 9.36 Å². The van der Waals surface area contributed by atoms with E-state index in [2.05, 4.69) is 22.7 Å². The predicted molar refractivity (Wildman–Crippen MR) is 89.9 cm³/mol. The quantitative estimate of drug-likeness (QED) is 0.886. The van der Waals surface area contributed by atoms with Crippen LogP contribution in [0.25, 0.3) is 11.3 Å². The summed E-state index contributed by atoms with van der Waals surface area (Å²) in [4.78, 5) is 13.0. The van der Waals surface area contributed by atoms with Gasteiger partial charge in [-0.1, -0.05) is 23.2 Å². The third-order valence-corrected chi connectivity index (χ3v) is 5.38. The lowest BCUT2D eigenvalue weighted by Gasteiger charge is -2.10. The zero-order valence-corrected chi connectivity index (χ0v) is 14.5. The molecular weight excluding hydrogens is 343 g/mol. The van der Waals surface area contributed by atoms with Crippen LogP contribution in [0.5, 0.6) is 0 Å². The van der Waals surface area contributed by atoms with Crippen LogP contribution in [-0.2, 0) is 7.05 Å². The Balaban J connectivity index is 1.82. The number of carbonyl (C=O) groups is 1. The smallest absolute Gasteiger partial charge is 0.261 e. The summed E-state index contributed by atoms with van der Waals surface area (Å²) in [5.41, 5.74) is 1.46. The lowest BCUT2D eigenvalue weighted by molar-refractivity contribution is 0.0944. The Kier molecular flexibility index (Phi) is 4.45. The molecular formula is C14H16Cl2N4OS. The Morgan fingerprint density at radius 1 is 1.55 bits per heavy atom. The molecule has 1 saturated heterocycles. The second kappa shape index (κ2) is 6.20. The van der Waals surface area contributed by atoms with Gasteiger partial charge in [0.05, 0.1) is 21.8 Å². The first-order chi connectivity index (χ1) is 10.5. The number of hydrogen-bond donors (Lipinski definition) is 2. The minimum absolute atomic E-state index is 0.0997. The fourth-order valence-electron chi connectivity index (χ4n) is 2.66. The number of aryl methyl sites for hydroxylation is 1. The van der Waals surface area contributed by atoms with E-state index < -0.39 is 0 Å². The number of carbonyl (C=O) groups excluding carboxylic acids is 1.